The summed E-state index contributed by atoms with van der Waals surface area (Å²) in [5.41, 5.74) is 5.68. The van der Waals surface area contributed by atoms with Crippen molar-refractivity contribution in [3.8, 4) is 0 Å². The Balaban J connectivity index is 2.42. The highest BCUT2D eigenvalue weighted by atomic mass is 32.2. The molecule has 2 atom stereocenters. The third-order valence-electron chi connectivity index (χ3n) is 2.22. The summed E-state index contributed by atoms with van der Waals surface area (Å²) in [4.78, 5) is 13.6. The predicted octanol–water partition coefficient (Wildman–Crippen LogP) is -0.0760. The Morgan fingerprint density at radius 3 is 3.07 bits per heavy atom. The van der Waals surface area contributed by atoms with E-state index in [4.69, 9.17) is 10.5 Å². The quantitative estimate of drug-likeness (QED) is 0.720. The minimum Gasteiger partial charge on any atom is -0.383 e. The number of thioether (sulfide) groups is 1. The second-order valence-electron chi connectivity index (χ2n) is 3.53. The van der Waals surface area contributed by atoms with Crippen molar-refractivity contribution in [1.82, 2.24) is 4.90 Å². The summed E-state index contributed by atoms with van der Waals surface area (Å²) in [6.45, 7) is 4.05. The van der Waals surface area contributed by atoms with Gasteiger partial charge in [-0.3, -0.25) is 4.79 Å². The molecule has 0 saturated carbocycles. The number of carbonyl (C=O) groups excluding carboxylic acids is 1. The Bertz CT molecular complexity index is 201. The fraction of sp³-hybridized carbons (Fsp3) is 0.889. The Morgan fingerprint density at radius 1 is 1.79 bits per heavy atom. The molecule has 1 saturated heterocycles. The van der Waals surface area contributed by atoms with E-state index in [1.54, 1.807) is 7.11 Å². The minimum absolute atomic E-state index is 0.0130. The molecule has 0 aromatic carbocycles. The molecule has 1 rings (SSSR count). The molecule has 1 amide bonds. The first-order chi connectivity index (χ1) is 6.65. The first kappa shape index (κ1) is 11.8. The summed E-state index contributed by atoms with van der Waals surface area (Å²) in [5.74, 6) is 1.02. The lowest BCUT2D eigenvalue weighted by Gasteiger charge is -2.32. The van der Waals surface area contributed by atoms with Crippen LogP contribution in [0.3, 0.4) is 0 Å². The number of hydrogen-bond donors (Lipinski definition) is 1. The standard InChI is InChI=1S/C9H18N2O2S/c1-7-5-11(3-4-14-7)9(12)8(10)6-13-2/h7-8H,3-6,10H2,1-2H3. The second kappa shape index (κ2) is 5.58. The fourth-order valence-corrected chi connectivity index (χ4v) is 2.52. The maximum Gasteiger partial charge on any atom is 0.241 e. The van der Waals surface area contributed by atoms with Gasteiger partial charge in [-0.25, -0.2) is 0 Å². The van der Waals surface area contributed by atoms with Gasteiger partial charge in [-0.05, 0) is 0 Å². The summed E-state index contributed by atoms with van der Waals surface area (Å²) < 4.78 is 4.86. The molecule has 1 fully saturated rings. The van der Waals surface area contributed by atoms with Crippen LogP contribution in [-0.2, 0) is 9.53 Å². The van der Waals surface area contributed by atoms with E-state index in [0.717, 1.165) is 18.8 Å². The molecule has 2 N–H and O–H groups in total. The van der Waals surface area contributed by atoms with Gasteiger partial charge in [0, 0.05) is 31.2 Å². The topological polar surface area (TPSA) is 55.6 Å². The molecule has 82 valence electrons. The highest BCUT2D eigenvalue weighted by Crippen LogP contribution is 2.17. The molecule has 0 spiro atoms. The SMILES string of the molecule is COCC(N)C(=O)N1CCSC(C)C1. The number of ether oxygens (including phenoxy) is 1. The van der Waals surface area contributed by atoms with Gasteiger partial charge in [0.1, 0.15) is 6.04 Å². The van der Waals surface area contributed by atoms with Crippen LogP contribution in [0.25, 0.3) is 0 Å². The maximum absolute atomic E-state index is 11.7. The molecule has 1 heterocycles. The van der Waals surface area contributed by atoms with Crippen molar-refractivity contribution in [2.24, 2.45) is 5.73 Å². The van der Waals surface area contributed by atoms with Crippen molar-refractivity contribution in [3.63, 3.8) is 0 Å². The van der Waals surface area contributed by atoms with Gasteiger partial charge in [0.25, 0.3) is 0 Å². The number of nitrogens with two attached hydrogens (primary N) is 1. The van der Waals surface area contributed by atoms with Crippen LogP contribution < -0.4 is 5.73 Å². The van der Waals surface area contributed by atoms with E-state index in [1.807, 2.05) is 16.7 Å². The molecule has 5 heteroatoms. The Labute approximate surface area is 89.2 Å². The van der Waals surface area contributed by atoms with Crippen LogP contribution in [0.5, 0.6) is 0 Å². The van der Waals surface area contributed by atoms with Gasteiger partial charge < -0.3 is 15.4 Å². The van der Waals surface area contributed by atoms with E-state index in [-0.39, 0.29) is 5.91 Å². The number of nitrogens with zero attached hydrogens (tertiary/aromatic N) is 1. The van der Waals surface area contributed by atoms with Crippen molar-refractivity contribution >= 4 is 17.7 Å². The van der Waals surface area contributed by atoms with Crippen molar-refractivity contribution in [1.29, 1.82) is 0 Å². The lowest BCUT2D eigenvalue weighted by atomic mass is 10.2. The summed E-state index contributed by atoms with van der Waals surface area (Å²) in [7, 11) is 1.56. The third-order valence-corrected chi connectivity index (χ3v) is 3.35. The summed E-state index contributed by atoms with van der Waals surface area (Å²) in [6, 6.07) is -0.504. The Hall–Kier alpha value is -0.260. The number of methoxy groups -OCH3 is 1. The first-order valence-corrected chi connectivity index (χ1v) is 5.85. The Kier molecular flexibility index (Phi) is 4.71. The average Bonchev–Trinajstić information content (AvgIpc) is 2.17. The molecule has 14 heavy (non-hydrogen) atoms. The third kappa shape index (κ3) is 3.15. The highest BCUT2D eigenvalue weighted by molar-refractivity contribution is 7.99. The van der Waals surface area contributed by atoms with Crippen molar-refractivity contribution in [2.45, 2.75) is 18.2 Å². The molecule has 0 aliphatic carbocycles. The van der Waals surface area contributed by atoms with Crippen LogP contribution in [-0.4, -0.2) is 54.7 Å². The zero-order valence-electron chi connectivity index (χ0n) is 8.73. The zero-order valence-corrected chi connectivity index (χ0v) is 9.55. The van der Waals surface area contributed by atoms with Crippen molar-refractivity contribution in [2.75, 3.05) is 32.6 Å². The molecular formula is C9H18N2O2S. The molecule has 1 aliphatic rings. The van der Waals surface area contributed by atoms with Gasteiger partial charge >= 0.3 is 0 Å². The van der Waals surface area contributed by atoms with E-state index >= 15 is 0 Å². The van der Waals surface area contributed by atoms with E-state index < -0.39 is 6.04 Å². The lowest BCUT2D eigenvalue weighted by molar-refractivity contribution is -0.133. The predicted molar refractivity (Wildman–Crippen MR) is 58.4 cm³/mol. The van der Waals surface area contributed by atoms with E-state index in [0.29, 0.717) is 11.9 Å². The summed E-state index contributed by atoms with van der Waals surface area (Å²) in [5, 5.41) is 0.516. The van der Waals surface area contributed by atoms with Crippen LogP contribution in [0.15, 0.2) is 0 Å². The largest absolute Gasteiger partial charge is 0.383 e. The Morgan fingerprint density at radius 2 is 2.50 bits per heavy atom. The molecule has 0 aromatic rings. The molecule has 0 bridgehead atoms. The maximum atomic E-state index is 11.7. The highest BCUT2D eigenvalue weighted by Gasteiger charge is 2.25. The lowest BCUT2D eigenvalue weighted by Crippen LogP contribution is -2.50. The number of carbonyl (C=O) groups is 1. The van der Waals surface area contributed by atoms with Crippen LogP contribution >= 0.6 is 11.8 Å². The molecule has 0 aromatic heterocycles. The fourth-order valence-electron chi connectivity index (χ4n) is 1.50. The monoisotopic (exact) mass is 218 g/mol. The zero-order chi connectivity index (χ0) is 10.6. The van der Waals surface area contributed by atoms with E-state index in [9.17, 15) is 4.79 Å². The van der Waals surface area contributed by atoms with Crippen LogP contribution in [0, 0.1) is 0 Å². The normalized spacial score (nSPS) is 24.8. The van der Waals surface area contributed by atoms with Crippen LogP contribution in [0.1, 0.15) is 6.92 Å². The van der Waals surface area contributed by atoms with E-state index in [1.165, 1.54) is 0 Å². The summed E-state index contributed by atoms with van der Waals surface area (Å²) >= 11 is 1.90. The minimum atomic E-state index is -0.504. The molecule has 4 nitrogen and oxygen atoms in total. The number of hydrogen-bond acceptors (Lipinski definition) is 4. The van der Waals surface area contributed by atoms with Crippen LogP contribution in [0.4, 0.5) is 0 Å². The number of amides is 1. The van der Waals surface area contributed by atoms with Crippen molar-refractivity contribution in [3.05, 3.63) is 0 Å². The molecule has 0 radical (unpaired) electrons. The van der Waals surface area contributed by atoms with Gasteiger partial charge in [0.15, 0.2) is 0 Å². The van der Waals surface area contributed by atoms with Gasteiger partial charge in [0.05, 0.1) is 6.61 Å². The molecular weight excluding hydrogens is 200 g/mol. The molecule has 1 aliphatic heterocycles. The van der Waals surface area contributed by atoms with Gasteiger partial charge in [-0.1, -0.05) is 6.92 Å². The smallest absolute Gasteiger partial charge is 0.241 e. The molecule has 2 unspecified atom stereocenters. The van der Waals surface area contributed by atoms with Gasteiger partial charge in [-0.2, -0.15) is 11.8 Å². The second-order valence-corrected chi connectivity index (χ2v) is 5.07. The first-order valence-electron chi connectivity index (χ1n) is 4.80. The summed E-state index contributed by atoms with van der Waals surface area (Å²) in [6.07, 6.45) is 0. The number of rotatable bonds is 3. The van der Waals surface area contributed by atoms with Gasteiger partial charge in [0.2, 0.25) is 5.91 Å². The van der Waals surface area contributed by atoms with Crippen LogP contribution in [0.2, 0.25) is 0 Å². The van der Waals surface area contributed by atoms with Gasteiger partial charge in [-0.15, -0.1) is 0 Å². The van der Waals surface area contributed by atoms with E-state index in [2.05, 4.69) is 6.92 Å². The average molecular weight is 218 g/mol. The van der Waals surface area contributed by atoms with Crippen molar-refractivity contribution < 1.29 is 9.53 Å².